The first kappa shape index (κ1) is 22.0. The van der Waals surface area contributed by atoms with Crippen LogP contribution in [0.5, 0.6) is 5.75 Å². The molecule has 5 nitrogen and oxygen atoms in total. The van der Waals surface area contributed by atoms with Crippen LogP contribution >= 0.6 is 11.3 Å². The first-order valence-corrected chi connectivity index (χ1v) is 11.1. The standard InChI is InChI=1S/C25H17F3N2O3S/c26-25(27,28)18-3-5-19(6-4-18)30-12-16-2-1-15(9-22(16)29-30)13-33-20-7-8-21-17(10-24(31)32)14-34-23(21)11-20/h1-9,11-12,14H,10,13H2,(H,31,32). The van der Waals surface area contributed by atoms with E-state index in [1.807, 2.05) is 41.8 Å². The van der Waals surface area contributed by atoms with E-state index >= 15 is 0 Å². The van der Waals surface area contributed by atoms with Crippen molar-refractivity contribution in [3.05, 3.63) is 88.9 Å². The van der Waals surface area contributed by atoms with Crippen molar-refractivity contribution in [2.24, 2.45) is 0 Å². The minimum absolute atomic E-state index is 0.0145. The third-order valence-electron chi connectivity index (χ3n) is 5.41. The first-order chi connectivity index (χ1) is 16.3. The summed E-state index contributed by atoms with van der Waals surface area (Å²) >= 11 is 1.48. The van der Waals surface area contributed by atoms with Crippen LogP contribution in [-0.2, 0) is 24.0 Å². The number of aliphatic carboxylic acids is 1. The number of carbonyl (C=O) groups is 1. The average molecular weight is 482 g/mol. The molecule has 0 saturated heterocycles. The summed E-state index contributed by atoms with van der Waals surface area (Å²) in [5, 5.41) is 17.1. The molecule has 0 saturated carbocycles. The second-order valence-electron chi connectivity index (χ2n) is 7.79. The molecular formula is C25H17F3N2O3S. The van der Waals surface area contributed by atoms with Crippen LogP contribution in [0, 0.1) is 0 Å². The van der Waals surface area contributed by atoms with Gasteiger partial charge >= 0.3 is 12.1 Å². The van der Waals surface area contributed by atoms with Crippen LogP contribution in [0.25, 0.3) is 26.7 Å². The van der Waals surface area contributed by atoms with Gasteiger partial charge in [0, 0.05) is 16.3 Å². The predicted octanol–water partition coefficient (Wildman–Crippen LogP) is 6.47. The topological polar surface area (TPSA) is 64.3 Å². The van der Waals surface area contributed by atoms with Gasteiger partial charge in [-0.15, -0.1) is 11.3 Å². The van der Waals surface area contributed by atoms with Gasteiger partial charge < -0.3 is 9.84 Å². The van der Waals surface area contributed by atoms with E-state index in [1.54, 1.807) is 10.9 Å². The molecule has 2 heterocycles. The number of nitrogens with zero attached hydrogens (tertiary/aromatic N) is 2. The molecule has 34 heavy (non-hydrogen) atoms. The number of alkyl halides is 3. The smallest absolute Gasteiger partial charge is 0.416 e. The molecule has 0 amide bonds. The molecule has 0 spiro atoms. The van der Waals surface area contributed by atoms with Gasteiger partial charge in [0.05, 0.1) is 23.2 Å². The lowest BCUT2D eigenvalue weighted by atomic mass is 10.1. The number of aromatic nitrogens is 2. The number of rotatable bonds is 6. The van der Waals surface area contributed by atoms with Gasteiger partial charge in [-0.25, -0.2) is 4.68 Å². The molecular weight excluding hydrogens is 465 g/mol. The number of carboxylic acids is 1. The number of hydrogen-bond acceptors (Lipinski definition) is 4. The van der Waals surface area contributed by atoms with Gasteiger partial charge in [0.15, 0.2) is 0 Å². The zero-order valence-corrected chi connectivity index (χ0v) is 18.4. The second-order valence-corrected chi connectivity index (χ2v) is 8.70. The minimum Gasteiger partial charge on any atom is -0.489 e. The van der Waals surface area contributed by atoms with Crippen molar-refractivity contribution in [3.8, 4) is 11.4 Å². The highest BCUT2D eigenvalue weighted by Crippen LogP contribution is 2.31. The molecule has 2 aromatic heterocycles. The van der Waals surface area contributed by atoms with Gasteiger partial charge in [0.1, 0.15) is 12.4 Å². The lowest BCUT2D eigenvalue weighted by Gasteiger charge is -2.07. The number of thiophene rings is 1. The fraction of sp³-hybridized carbons (Fsp3) is 0.120. The van der Waals surface area contributed by atoms with Gasteiger partial charge in [0.25, 0.3) is 0 Å². The van der Waals surface area contributed by atoms with Gasteiger partial charge in [-0.3, -0.25) is 4.79 Å². The summed E-state index contributed by atoms with van der Waals surface area (Å²) in [6, 6.07) is 16.1. The summed E-state index contributed by atoms with van der Waals surface area (Å²) < 4.78 is 46.8. The molecule has 0 bridgehead atoms. The van der Waals surface area contributed by atoms with Crippen LogP contribution in [0.3, 0.4) is 0 Å². The highest BCUT2D eigenvalue weighted by Gasteiger charge is 2.30. The molecule has 1 N–H and O–H groups in total. The Morgan fingerprint density at radius 2 is 1.85 bits per heavy atom. The molecule has 0 unspecified atom stereocenters. The Hall–Kier alpha value is -3.85. The Labute approximate surface area is 195 Å². The molecule has 9 heteroatoms. The molecule has 0 aliphatic carbocycles. The van der Waals surface area contributed by atoms with Crippen molar-refractivity contribution >= 4 is 38.3 Å². The Kier molecular flexibility index (Phi) is 5.49. The molecule has 3 aromatic carbocycles. The highest BCUT2D eigenvalue weighted by molar-refractivity contribution is 7.17. The highest BCUT2D eigenvalue weighted by atomic mass is 32.1. The van der Waals surface area contributed by atoms with E-state index in [-0.39, 0.29) is 6.42 Å². The number of ether oxygens (including phenoxy) is 1. The summed E-state index contributed by atoms with van der Waals surface area (Å²) in [5.74, 6) is -0.192. The van der Waals surface area contributed by atoms with Crippen LogP contribution in [0.2, 0.25) is 0 Å². The van der Waals surface area contributed by atoms with Crippen molar-refractivity contribution in [1.29, 1.82) is 0 Å². The zero-order chi connectivity index (χ0) is 23.9. The third-order valence-corrected chi connectivity index (χ3v) is 6.40. The Bertz CT molecular complexity index is 1500. The Balaban J connectivity index is 1.31. The van der Waals surface area contributed by atoms with Gasteiger partial charge in [-0.2, -0.15) is 18.3 Å². The van der Waals surface area contributed by atoms with E-state index in [0.29, 0.717) is 23.6 Å². The van der Waals surface area contributed by atoms with Crippen LogP contribution in [-0.4, -0.2) is 20.9 Å². The van der Waals surface area contributed by atoms with E-state index in [4.69, 9.17) is 9.84 Å². The molecule has 0 aliphatic rings. The van der Waals surface area contributed by atoms with Crippen molar-refractivity contribution in [2.75, 3.05) is 0 Å². The van der Waals surface area contributed by atoms with Gasteiger partial charge in [-0.05, 0) is 70.4 Å². The van der Waals surface area contributed by atoms with Gasteiger partial charge in [0.2, 0.25) is 0 Å². The molecule has 0 radical (unpaired) electrons. The number of halogens is 3. The van der Waals surface area contributed by atoms with Crippen LogP contribution in [0.1, 0.15) is 16.7 Å². The molecule has 0 fully saturated rings. The number of carboxylic acid groups (broad SMARTS) is 1. The van der Waals surface area contributed by atoms with E-state index in [2.05, 4.69) is 5.10 Å². The molecule has 5 aromatic rings. The summed E-state index contributed by atoms with van der Waals surface area (Å²) in [5.41, 5.74) is 2.21. The maximum absolute atomic E-state index is 12.8. The monoisotopic (exact) mass is 482 g/mol. The quantitative estimate of drug-likeness (QED) is 0.302. The van der Waals surface area contributed by atoms with E-state index < -0.39 is 17.7 Å². The minimum atomic E-state index is -4.38. The third kappa shape index (κ3) is 4.47. The average Bonchev–Trinajstić information content (AvgIpc) is 3.40. The van der Waals surface area contributed by atoms with Crippen molar-refractivity contribution in [2.45, 2.75) is 19.2 Å². The summed E-state index contributed by atoms with van der Waals surface area (Å²) in [7, 11) is 0. The SMILES string of the molecule is O=C(O)Cc1csc2cc(OCc3ccc4cn(-c5ccc(C(F)(F)F)cc5)nc4c3)ccc12. The normalized spacial score (nSPS) is 11.9. The first-order valence-electron chi connectivity index (χ1n) is 10.3. The summed E-state index contributed by atoms with van der Waals surface area (Å²) in [6.45, 7) is 0.307. The van der Waals surface area contributed by atoms with E-state index in [1.165, 1.54) is 23.5 Å². The van der Waals surface area contributed by atoms with Crippen molar-refractivity contribution < 1.29 is 27.8 Å². The van der Waals surface area contributed by atoms with Crippen LogP contribution in [0.4, 0.5) is 13.2 Å². The van der Waals surface area contributed by atoms with Gasteiger partial charge in [-0.1, -0.05) is 12.1 Å². The maximum atomic E-state index is 12.8. The van der Waals surface area contributed by atoms with Crippen molar-refractivity contribution in [1.82, 2.24) is 9.78 Å². The lowest BCUT2D eigenvalue weighted by Crippen LogP contribution is -2.05. The number of hydrogen-bond donors (Lipinski definition) is 1. The molecule has 0 aliphatic heterocycles. The van der Waals surface area contributed by atoms with E-state index in [0.717, 1.165) is 38.7 Å². The Morgan fingerprint density at radius 3 is 2.59 bits per heavy atom. The lowest BCUT2D eigenvalue weighted by molar-refractivity contribution is -0.138. The maximum Gasteiger partial charge on any atom is 0.416 e. The molecule has 0 atom stereocenters. The fourth-order valence-electron chi connectivity index (χ4n) is 3.71. The van der Waals surface area contributed by atoms with Crippen LogP contribution < -0.4 is 4.74 Å². The summed E-state index contributed by atoms with van der Waals surface area (Å²) in [4.78, 5) is 11.0. The predicted molar refractivity (Wildman–Crippen MR) is 124 cm³/mol. The second kappa shape index (κ2) is 8.49. The number of fused-ring (bicyclic) bond motifs is 2. The molecule has 5 rings (SSSR count). The Morgan fingerprint density at radius 1 is 1.06 bits per heavy atom. The number of benzene rings is 3. The van der Waals surface area contributed by atoms with Crippen LogP contribution in [0.15, 0.2) is 72.2 Å². The fourth-order valence-corrected chi connectivity index (χ4v) is 4.70. The largest absolute Gasteiger partial charge is 0.489 e. The van der Waals surface area contributed by atoms with E-state index in [9.17, 15) is 18.0 Å². The zero-order valence-electron chi connectivity index (χ0n) is 17.5. The summed E-state index contributed by atoms with van der Waals surface area (Å²) in [6.07, 6.45) is -2.63. The van der Waals surface area contributed by atoms with Crippen molar-refractivity contribution in [3.63, 3.8) is 0 Å². The molecule has 172 valence electrons.